The smallest absolute Gasteiger partial charge is 0.299 e. The summed E-state index contributed by atoms with van der Waals surface area (Å²) in [5.41, 5.74) is 7.96. The Hall–Kier alpha value is -1.11. The van der Waals surface area contributed by atoms with Crippen LogP contribution >= 0.6 is 0 Å². The molecule has 0 saturated carbocycles. The molecule has 1 rings (SSSR count). The van der Waals surface area contributed by atoms with Crippen molar-refractivity contribution in [3.05, 3.63) is 29.3 Å². The summed E-state index contributed by atoms with van der Waals surface area (Å²) in [5.74, 6) is 0.257. The fraction of sp³-hybridized carbons (Fsp3) is 0.500. The molecule has 0 amide bonds. The predicted octanol–water partition coefficient (Wildman–Crippen LogP) is 1.36. The third-order valence-electron chi connectivity index (χ3n) is 2.54. The first kappa shape index (κ1) is 14.9. The number of benzene rings is 1. The minimum Gasteiger partial charge on any atom is -0.326 e. The molecular weight excluding hydrogens is 250 g/mol. The van der Waals surface area contributed by atoms with Gasteiger partial charge in [0.1, 0.15) is 0 Å². The number of nitrogens with one attached hydrogen (secondary N) is 2. The molecule has 0 aromatic heterocycles. The van der Waals surface area contributed by atoms with Gasteiger partial charge in [-0.1, -0.05) is 26.0 Å². The zero-order valence-electron chi connectivity index (χ0n) is 11.0. The van der Waals surface area contributed by atoms with Gasteiger partial charge in [-0.3, -0.25) is 4.72 Å². The van der Waals surface area contributed by atoms with Crippen molar-refractivity contribution in [2.75, 3.05) is 11.3 Å². The largest absolute Gasteiger partial charge is 0.326 e. The molecule has 0 aliphatic rings. The van der Waals surface area contributed by atoms with E-state index in [4.69, 9.17) is 5.73 Å². The molecule has 4 N–H and O–H groups in total. The molecule has 18 heavy (non-hydrogen) atoms. The van der Waals surface area contributed by atoms with Crippen LogP contribution in [0.15, 0.2) is 18.2 Å². The predicted molar refractivity (Wildman–Crippen MR) is 74.5 cm³/mol. The summed E-state index contributed by atoms with van der Waals surface area (Å²) < 4.78 is 28.7. The van der Waals surface area contributed by atoms with E-state index in [1.54, 1.807) is 12.1 Å². The summed E-state index contributed by atoms with van der Waals surface area (Å²) in [6.45, 7) is 6.50. The van der Waals surface area contributed by atoms with Gasteiger partial charge in [-0.2, -0.15) is 13.1 Å². The molecular formula is C12H21N3O2S. The van der Waals surface area contributed by atoms with Gasteiger partial charge in [-0.05, 0) is 30.0 Å². The van der Waals surface area contributed by atoms with Crippen LogP contribution < -0.4 is 15.2 Å². The maximum absolute atomic E-state index is 11.8. The molecule has 1 aromatic rings. The maximum atomic E-state index is 11.8. The zero-order chi connectivity index (χ0) is 13.8. The fourth-order valence-electron chi connectivity index (χ4n) is 1.53. The van der Waals surface area contributed by atoms with E-state index >= 15 is 0 Å². The lowest BCUT2D eigenvalue weighted by Gasteiger charge is -2.14. The molecule has 102 valence electrons. The van der Waals surface area contributed by atoms with Crippen molar-refractivity contribution in [2.45, 2.75) is 27.3 Å². The highest BCUT2D eigenvalue weighted by molar-refractivity contribution is 7.90. The summed E-state index contributed by atoms with van der Waals surface area (Å²) in [6.07, 6.45) is 0. The average Bonchev–Trinajstić information content (AvgIpc) is 2.26. The molecule has 0 aliphatic carbocycles. The van der Waals surface area contributed by atoms with Crippen LogP contribution in [-0.4, -0.2) is 15.0 Å². The lowest BCUT2D eigenvalue weighted by Crippen LogP contribution is -2.33. The molecule has 5 nitrogen and oxygen atoms in total. The number of aryl methyl sites for hydroxylation is 1. The highest BCUT2D eigenvalue weighted by Crippen LogP contribution is 2.19. The van der Waals surface area contributed by atoms with Gasteiger partial charge in [0.25, 0.3) is 10.2 Å². The SMILES string of the molecule is Cc1cccc(NS(=O)(=O)NCC(C)C)c1CN. The fourth-order valence-corrected chi connectivity index (χ4v) is 2.63. The maximum Gasteiger partial charge on any atom is 0.299 e. The van der Waals surface area contributed by atoms with Crippen LogP contribution in [0.25, 0.3) is 0 Å². The second-order valence-electron chi connectivity index (χ2n) is 4.65. The summed E-state index contributed by atoms with van der Waals surface area (Å²) in [6, 6.07) is 5.42. The van der Waals surface area contributed by atoms with Crippen LogP contribution in [0.4, 0.5) is 5.69 Å². The number of anilines is 1. The second-order valence-corrected chi connectivity index (χ2v) is 6.15. The lowest BCUT2D eigenvalue weighted by atomic mass is 10.1. The van der Waals surface area contributed by atoms with E-state index < -0.39 is 10.2 Å². The van der Waals surface area contributed by atoms with Gasteiger partial charge in [0.15, 0.2) is 0 Å². The van der Waals surface area contributed by atoms with Crippen molar-refractivity contribution in [3.8, 4) is 0 Å². The first-order valence-corrected chi connectivity index (χ1v) is 7.40. The first-order chi connectivity index (χ1) is 8.35. The number of hydrogen-bond acceptors (Lipinski definition) is 3. The molecule has 6 heteroatoms. The monoisotopic (exact) mass is 271 g/mol. The Morgan fingerprint density at radius 2 is 2.00 bits per heavy atom. The quantitative estimate of drug-likeness (QED) is 0.730. The summed E-state index contributed by atoms with van der Waals surface area (Å²) in [5, 5.41) is 0. The van der Waals surface area contributed by atoms with E-state index in [2.05, 4.69) is 9.44 Å². The van der Waals surface area contributed by atoms with Gasteiger partial charge in [-0.25, -0.2) is 0 Å². The molecule has 0 saturated heterocycles. The van der Waals surface area contributed by atoms with Gasteiger partial charge in [0.05, 0.1) is 5.69 Å². The average molecular weight is 271 g/mol. The van der Waals surface area contributed by atoms with Crippen LogP contribution in [0.5, 0.6) is 0 Å². The highest BCUT2D eigenvalue weighted by Gasteiger charge is 2.13. The van der Waals surface area contributed by atoms with Crippen LogP contribution in [0.2, 0.25) is 0 Å². The van der Waals surface area contributed by atoms with Gasteiger partial charge < -0.3 is 5.73 Å². The van der Waals surface area contributed by atoms with E-state index in [9.17, 15) is 8.42 Å². The Labute approximate surface area is 109 Å². The molecule has 0 radical (unpaired) electrons. The Morgan fingerprint density at radius 1 is 1.33 bits per heavy atom. The number of nitrogens with two attached hydrogens (primary N) is 1. The third-order valence-corrected chi connectivity index (χ3v) is 3.58. The van der Waals surface area contributed by atoms with Crippen molar-refractivity contribution in [1.82, 2.24) is 4.72 Å². The summed E-state index contributed by atoms with van der Waals surface area (Å²) >= 11 is 0. The third kappa shape index (κ3) is 4.29. The van der Waals surface area contributed by atoms with Crippen molar-refractivity contribution in [1.29, 1.82) is 0 Å². The normalized spacial score (nSPS) is 11.8. The zero-order valence-corrected chi connectivity index (χ0v) is 11.8. The highest BCUT2D eigenvalue weighted by atomic mass is 32.2. The Kier molecular flexibility index (Phi) is 5.13. The topological polar surface area (TPSA) is 84.2 Å². The standard InChI is InChI=1S/C12H21N3O2S/c1-9(2)8-14-18(16,17)15-12-6-4-5-10(3)11(12)7-13/h4-6,9,14-15H,7-8,13H2,1-3H3. The first-order valence-electron chi connectivity index (χ1n) is 5.91. The minimum absolute atomic E-state index is 0.257. The Balaban J connectivity index is 2.87. The Morgan fingerprint density at radius 3 is 2.56 bits per heavy atom. The molecule has 1 aromatic carbocycles. The molecule has 0 bridgehead atoms. The van der Waals surface area contributed by atoms with Crippen LogP contribution in [-0.2, 0) is 16.8 Å². The van der Waals surface area contributed by atoms with E-state index in [0.717, 1.165) is 11.1 Å². The van der Waals surface area contributed by atoms with Gasteiger partial charge >= 0.3 is 0 Å². The van der Waals surface area contributed by atoms with Crippen molar-refractivity contribution in [2.24, 2.45) is 11.7 Å². The second kappa shape index (κ2) is 6.17. The molecule has 0 unspecified atom stereocenters. The Bertz CT molecular complexity index is 498. The number of rotatable bonds is 6. The van der Waals surface area contributed by atoms with Crippen LogP contribution in [0.3, 0.4) is 0 Å². The van der Waals surface area contributed by atoms with Gasteiger partial charge in [0.2, 0.25) is 0 Å². The van der Waals surface area contributed by atoms with Crippen LogP contribution in [0.1, 0.15) is 25.0 Å². The summed E-state index contributed by atoms with van der Waals surface area (Å²) in [7, 11) is -3.53. The minimum atomic E-state index is -3.53. The molecule has 0 aliphatic heterocycles. The lowest BCUT2D eigenvalue weighted by molar-refractivity contribution is 0.565. The van der Waals surface area contributed by atoms with Crippen molar-refractivity contribution in [3.63, 3.8) is 0 Å². The number of hydrogen-bond donors (Lipinski definition) is 3. The van der Waals surface area contributed by atoms with Crippen molar-refractivity contribution >= 4 is 15.9 Å². The van der Waals surface area contributed by atoms with E-state index in [0.29, 0.717) is 18.8 Å². The molecule has 0 fully saturated rings. The molecule has 0 spiro atoms. The van der Waals surface area contributed by atoms with Crippen LogP contribution in [0, 0.1) is 12.8 Å². The van der Waals surface area contributed by atoms with Gasteiger partial charge in [0, 0.05) is 13.1 Å². The van der Waals surface area contributed by atoms with E-state index in [1.807, 2.05) is 26.8 Å². The van der Waals surface area contributed by atoms with Gasteiger partial charge in [-0.15, -0.1) is 0 Å². The van der Waals surface area contributed by atoms with E-state index in [-0.39, 0.29) is 5.92 Å². The van der Waals surface area contributed by atoms with E-state index in [1.165, 1.54) is 0 Å². The summed E-state index contributed by atoms with van der Waals surface area (Å²) in [4.78, 5) is 0. The molecule has 0 heterocycles. The molecule has 0 atom stereocenters. The van der Waals surface area contributed by atoms with Crippen molar-refractivity contribution < 1.29 is 8.42 Å².